The van der Waals surface area contributed by atoms with Crippen molar-refractivity contribution in [3.05, 3.63) is 53.2 Å². The van der Waals surface area contributed by atoms with Crippen LogP contribution in [0.5, 0.6) is 11.6 Å². The molecule has 0 aliphatic heterocycles. The first-order valence-electron chi connectivity index (χ1n) is 6.64. The van der Waals surface area contributed by atoms with Crippen LogP contribution in [0.2, 0.25) is 0 Å². The molecule has 20 heavy (non-hydrogen) atoms. The fourth-order valence-electron chi connectivity index (χ4n) is 1.94. The Labute approximate surface area is 119 Å². The van der Waals surface area contributed by atoms with E-state index in [2.05, 4.69) is 4.98 Å². The third-order valence-electron chi connectivity index (χ3n) is 2.97. The second kappa shape index (κ2) is 7.03. The Balaban J connectivity index is 2.07. The maximum atomic E-state index is 5.76. The lowest BCUT2D eigenvalue weighted by molar-refractivity contribution is 0.202. The third kappa shape index (κ3) is 4.05. The van der Waals surface area contributed by atoms with Crippen LogP contribution in [0.15, 0.2) is 36.4 Å². The normalized spacial score (nSPS) is 10.6. The minimum absolute atomic E-state index is 0.482. The Kier molecular flexibility index (Phi) is 5.09. The van der Waals surface area contributed by atoms with Crippen molar-refractivity contribution in [1.82, 2.24) is 4.98 Å². The van der Waals surface area contributed by atoms with Gasteiger partial charge in [-0.25, -0.2) is 4.98 Å². The molecule has 0 atom stereocenters. The molecule has 2 aromatic rings. The van der Waals surface area contributed by atoms with E-state index < -0.39 is 0 Å². The van der Waals surface area contributed by atoms with Gasteiger partial charge in [0.15, 0.2) is 0 Å². The topological polar surface area (TPSA) is 57.4 Å². The first kappa shape index (κ1) is 14.5. The molecule has 0 radical (unpaired) electrons. The van der Waals surface area contributed by atoms with Crippen molar-refractivity contribution in [2.24, 2.45) is 5.73 Å². The van der Waals surface area contributed by atoms with Crippen LogP contribution >= 0.6 is 0 Å². The number of rotatable bonds is 6. The maximum Gasteiger partial charge on any atom is 0.219 e. The summed E-state index contributed by atoms with van der Waals surface area (Å²) in [5.41, 5.74) is 8.79. The van der Waals surface area contributed by atoms with Gasteiger partial charge in [0.2, 0.25) is 5.88 Å². The summed E-state index contributed by atoms with van der Waals surface area (Å²) >= 11 is 0. The molecule has 0 unspecified atom stereocenters. The second-order valence-electron chi connectivity index (χ2n) is 4.65. The van der Waals surface area contributed by atoms with Crippen LogP contribution in [0, 0.1) is 6.92 Å². The number of hydrogen-bond acceptors (Lipinski definition) is 4. The van der Waals surface area contributed by atoms with Crippen LogP contribution in [-0.4, -0.2) is 18.7 Å². The van der Waals surface area contributed by atoms with E-state index >= 15 is 0 Å². The molecular formula is C16H20N2O2. The molecule has 2 rings (SSSR count). The van der Waals surface area contributed by atoms with Gasteiger partial charge in [-0.15, -0.1) is 0 Å². The molecule has 0 amide bonds. The summed E-state index contributed by atoms with van der Waals surface area (Å²) in [5, 5.41) is 0. The summed E-state index contributed by atoms with van der Waals surface area (Å²) in [4.78, 5) is 4.35. The van der Waals surface area contributed by atoms with E-state index in [0.717, 1.165) is 30.0 Å². The molecule has 0 spiro atoms. The first-order valence-corrected chi connectivity index (χ1v) is 6.64. The highest BCUT2D eigenvalue weighted by Crippen LogP contribution is 2.21. The van der Waals surface area contributed by atoms with Crippen molar-refractivity contribution in [1.29, 1.82) is 0 Å². The van der Waals surface area contributed by atoms with Crippen molar-refractivity contribution in [3.63, 3.8) is 0 Å². The Morgan fingerprint density at radius 2 is 1.85 bits per heavy atom. The Morgan fingerprint density at radius 3 is 2.50 bits per heavy atom. The number of nitrogens with zero attached hydrogens (tertiary/aromatic N) is 1. The molecule has 1 aromatic carbocycles. The van der Waals surface area contributed by atoms with Crippen LogP contribution in [-0.2, 0) is 17.7 Å². The summed E-state index contributed by atoms with van der Waals surface area (Å²) in [6.07, 6.45) is 0.900. The number of hydrogen-bond donors (Lipinski definition) is 1. The minimum Gasteiger partial charge on any atom is -0.439 e. The minimum atomic E-state index is 0.482. The van der Waals surface area contributed by atoms with Crippen molar-refractivity contribution >= 4 is 0 Å². The van der Waals surface area contributed by atoms with E-state index in [-0.39, 0.29) is 0 Å². The summed E-state index contributed by atoms with van der Waals surface area (Å²) in [6.45, 7) is 3.13. The molecule has 0 fully saturated rings. The molecule has 1 aromatic heterocycles. The van der Waals surface area contributed by atoms with Gasteiger partial charge >= 0.3 is 0 Å². The average molecular weight is 272 g/mol. The van der Waals surface area contributed by atoms with Gasteiger partial charge in [0.1, 0.15) is 5.75 Å². The largest absolute Gasteiger partial charge is 0.439 e. The van der Waals surface area contributed by atoms with Crippen LogP contribution < -0.4 is 10.5 Å². The van der Waals surface area contributed by atoms with E-state index in [4.69, 9.17) is 15.2 Å². The van der Waals surface area contributed by atoms with Gasteiger partial charge in [0, 0.05) is 25.4 Å². The monoisotopic (exact) mass is 272 g/mol. The first-order chi connectivity index (χ1) is 9.71. The predicted molar refractivity (Wildman–Crippen MR) is 79.0 cm³/mol. The molecular weight excluding hydrogens is 252 g/mol. The van der Waals surface area contributed by atoms with Gasteiger partial charge in [0.05, 0.1) is 6.61 Å². The molecule has 4 heteroatoms. The predicted octanol–water partition coefficient (Wildman–Crippen LogP) is 2.83. The number of pyridine rings is 1. The summed E-state index contributed by atoms with van der Waals surface area (Å²) in [5.74, 6) is 1.35. The quantitative estimate of drug-likeness (QED) is 0.878. The van der Waals surface area contributed by atoms with Crippen LogP contribution in [0.4, 0.5) is 0 Å². The van der Waals surface area contributed by atoms with Crippen LogP contribution in [0.25, 0.3) is 0 Å². The van der Waals surface area contributed by atoms with Gasteiger partial charge in [-0.05, 0) is 42.7 Å². The van der Waals surface area contributed by atoms with E-state index in [0.29, 0.717) is 12.4 Å². The molecule has 4 nitrogen and oxygen atoms in total. The average Bonchev–Trinajstić information content (AvgIpc) is 2.46. The second-order valence-corrected chi connectivity index (χ2v) is 4.65. The highest BCUT2D eigenvalue weighted by molar-refractivity contribution is 5.32. The van der Waals surface area contributed by atoms with Crippen molar-refractivity contribution < 1.29 is 9.47 Å². The van der Waals surface area contributed by atoms with Gasteiger partial charge in [-0.3, -0.25) is 0 Å². The molecule has 0 saturated carbocycles. The van der Waals surface area contributed by atoms with Crippen molar-refractivity contribution in [2.45, 2.75) is 19.9 Å². The van der Waals surface area contributed by atoms with Crippen molar-refractivity contribution in [2.75, 3.05) is 13.7 Å². The molecule has 0 bridgehead atoms. The zero-order chi connectivity index (χ0) is 14.4. The molecule has 106 valence electrons. The third-order valence-corrected chi connectivity index (χ3v) is 2.97. The summed E-state index contributed by atoms with van der Waals surface area (Å²) < 4.78 is 10.8. The summed E-state index contributed by atoms with van der Waals surface area (Å²) in [7, 11) is 1.70. The number of aromatic nitrogens is 1. The number of ether oxygens (including phenoxy) is 2. The fourth-order valence-corrected chi connectivity index (χ4v) is 1.94. The Hall–Kier alpha value is -1.91. The van der Waals surface area contributed by atoms with E-state index in [1.54, 1.807) is 7.11 Å². The van der Waals surface area contributed by atoms with Gasteiger partial charge < -0.3 is 15.2 Å². The fraction of sp³-hybridized carbons (Fsp3) is 0.312. The Morgan fingerprint density at radius 1 is 1.10 bits per heavy atom. The van der Waals surface area contributed by atoms with Gasteiger partial charge in [-0.2, -0.15) is 0 Å². The molecule has 2 N–H and O–H groups in total. The lowest BCUT2D eigenvalue weighted by Crippen LogP contribution is -1.99. The lowest BCUT2D eigenvalue weighted by Gasteiger charge is -2.08. The zero-order valence-corrected chi connectivity index (χ0v) is 11.9. The van der Waals surface area contributed by atoms with E-state index in [1.165, 1.54) is 5.56 Å². The number of benzene rings is 1. The molecule has 1 heterocycles. The van der Waals surface area contributed by atoms with Crippen molar-refractivity contribution in [3.8, 4) is 11.6 Å². The lowest BCUT2D eigenvalue weighted by atomic mass is 10.1. The van der Waals surface area contributed by atoms with E-state index in [9.17, 15) is 0 Å². The SMILES string of the molecule is COCCc1ccc(Oc2cc(CN)cc(C)n2)cc1. The van der Waals surface area contributed by atoms with Gasteiger partial charge in [-0.1, -0.05) is 12.1 Å². The standard InChI is InChI=1S/C16H20N2O2/c1-12-9-14(11-17)10-16(18-12)20-15-5-3-13(4-6-15)7-8-19-2/h3-6,9-10H,7-8,11,17H2,1-2H3. The number of aryl methyl sites for hydroxylation is 1. The van der Waals surface area contributed by atoms with E-state index in [1.807, 2.05) is 43.3 Å². The van der Waals surface area contributed by atoms with Crippen LogP contribution in [0.3, 0.4) is 0 Å². The maximum absolute atomic E-state index is 5.76. The molecule has 0 saturated heterocycles. The highest BCUT2D eigenvalue weighted by atomic mass is 16.5. The zero-order valence-electron chi connectivity index (χ0n) is 11.9. The molecule has 0 aliphatic rings. The smallest absolute Gasteiger partial charge is 0.219 e. The summed E-state index contributed by atoms with van der Waals surface area (Å²) in [6, 6.07) is 11.8. The van der Waals surface area contributed by atoms with Crippen LogP contribution in [0.1, 0.15) is 16.8 Å². The number of methoxy groups -OCH3 is 1. The highest BCUT2D eigenvalue weighted by Gasteiger charge is 2.02. The molecule has 0 aliphatic carbocycles. The Bertz CT molecular complexity index is 553. The van der Waals surface area contributed by atoms with Gasteiger partial charge in [0.25, 0.3) is 0 Å². The number of nitrogens with two attached hydrogens (primary N) is 1.